The smallest absolute Gasteiger partial charge is 0.389 e. The van der Waals surface area contributed by atoms with Gasteiger partial charge in [-0.05, 0) is 32.6 Å². The Bertz CT molecular complexity index is 1170. The predicted octanol–water partition coefficient (Wildman–Crippen LogP) is -1.46. The van der Waals surface area contributed by atoms with Gasteiger partial charge in [0.05, 0.1) is 55.4 Å². The van der Waals surface area contributed by atoms with Crippen molar-refractivity contribution >= 4 is 29.2 Å². The van der Waals surface area contributed by atoms with E-state index in [2.05, 4.69) is 31.5 Å². The Morgan fingerprint density at radius 1 is 1.09 bits per heavy atom. The van der Waals surface area contributed by atoms with E-state index in [9.17, 15) is 32.7 Å². The number of fused-ring (bicyclic) bond motifs is 2. The molecule has 1 saturated carbocycles. The van der Waals surface area contributed by atoms with E-state index >= 15 is 0 Å². The number of hydrogen-bond acceptors (Lipinski definition) is 11. The first-order valence-corrected chi connectivity index (χ1v) is 17.4. The molecule has 0 aromatic rings. The van der Waals surface area contributed by atoms with Gasteiger partial charge in [-0.2, -0.15) is 13.2 Å². The zero-order valence-electron chi connectivity index (χ0n) is 26.8. The van der Waals surface area contributed by atoms with Crippen molar-refractivity contribution < 1.29 is 37.4 Å². The number of aliphatic hydroxyl groups excluding tert-OH is 1. The van der Waals surface area contributed by atoms with Gasteiger partial charge in [0.25, 0.3) is 0 Å². The topological polar surface area (TPSA) is 151 Å². The Balaban J connectivity index is 1.16. The van der Waals surface area contributed by atoms with Crippen molar-refractivity contribution in [2.45, 2.75) is 112 Å². The monoisotopic (exact) mass is 692 g/mol. The van der Waals surface area contributed by atoms with Crippen molar-refractivity contribution in [1.82, 2.24) is 41.3 Å². The Morgan fingerprint density at radius 3 is 2.45 bits per heavy atom. The number of carbonyl (C=O) groups excluding carboxylic acids is 3. The van der Waals surface area contributed by atoms with Crippen LogP contribution in [0, 0.1) is 5.92 Å². The number of halogens is 4. The number of nitrogens with one attached hydrogen (secondary N) is 5. The van der Waals surface area contributed by atoms with E-state index < -0.39 is 53.9 Å². The number of rotatable bonds is 6. The number of ketones is 1. The van der Waals surface area contributed by atoms with Crippen molar-refractivity contribution in [3.8, 4) is 0 Å². The molecule has 6 aliphatic rings. The standard InChI is InChI=1S/C30H48ClF3N8O5/c1-3-21-25(40-6-8-41(9-7-40)29(46)24-26(44)15(2)35-14-36-24)27(45)23-28(39-20-13-47-12-19(20)38-23)42(21)11-22(43)37-18-5-4-16(10-17(18)31)30(32,33)34/h15-21,23-26,28,35-36,38-39,44H,3-14H2,1-2H3,(H,37,43). The minimum atomic E-state index is -4.31. The molecular weight excluding hydrogens is 645 g/mol. The van der Waals surface area contributed by atoms with Gasteiger partial charge < -0.3 is 20.1 Å². The molecule has 266 valence electrons. The first kappa shape index (κ1) is 35.2. The van der Waals surface area contributed by atoms with Gasteiger partial charge in [0, 0.05) is 63.1 Å². The molecule has 1 aliphatic carbocycles. The highest BCUT2D eigenvalue weighted by molar-refractivity contribution is 6.21. The number of amides is 2. The van der Waals surface area contributed by atoms with E-state index in [1.807, 2.05) is 18.7 Å². The van der Waals surface area contributed by atoms with E-state index in [-0.39, 0.29) is 67.6 Å². The lowest BCUT2D eigenvalue weighted by Gasteiger charge is -2.55. The Hall–Kier alpha value is -1.63. The molecule has 12 atom stereocenters. The number of piperazine rings is 2. The lowest BCUT2D eigenvalue weighted by molar-refractivity contribution is -0.182. The summed E-state index contributed by atoms with van der Waals surface area (Å²) in [6.07, 6.45) is -5.29. The molecule has 47 heavy (non-hydrogen) atoms. The fourth-order valence-electron chi connectivity index (χ4n) is 8.41. The van der Waals surface area contributed by atoms with Gasteiger partial charge in [0.15, 0.2) is 5.78 Å². The first-order chi connectivity index (χ1) is 22.4. The van der Waals surface area contributed by atoms with Crippen LogP contribution in [-0.2, 0) is 19.1 Å². The summed E-state index contributed by atoms with van der Waals surface area (Å²) in [6.45, 7) is 6.79. The number of carbonyl (C=O) groups is 3. The normalized spacial score (nSPS) is 42.1. The molecular formula is C30H48ClF3N8O5. The largest absolute Gasteiger partial charge is 0.391 e. The van der Waals surface area contributed by atoms with Crippen LogP contribution in [0.2, 0.25) is 0 Å². The van der Waals surface area contributed by atoms with Gasteiger partial charge in [-0.25, -0.2) is 0 Å². The molecule has 6 N–H and O–H groups in total. The highest BCUT2D eigenvalue weighted by atomic mass is 35.5. The third-order valence-electron chi connectivity index (χ3n) is 11.1. The SMILES string of the molecule is CCC1C(N2CCN(C(=O)C3NCNC(C)C3O)CC2)C(=O)C2NC3COCC3NC2N1CC(=O)NC1CCC(C(F)(F)F)CC1Cl. The van der Waals surface area contributed by atoms with Crippen LogP contribution >= 0.6 is 11.6 Å². The first-order valence-electron chi connectivity index (χ1n) is 16.9. The van der Waals surface area contributed by atoms with Crippen LogP contribution in [0.4, 0.5) is 13.2 Å². The van der Waals surface area contributed by atoms with Gasteiger partial charge in [-0.3, -0.25) is 45.5 Å². The zero-order valence-corrected chi connectivity index (χ0v) is 27.6. The molecule has 0 bridgehead atoms. The molecule has 5 heterocycles. The summed E-state index contributed by atoms with van der Waals surface area (Å²) in [4.78, 5) is 47.1. The maximum absolute atomic E-state index is 14.3. The van der Waals surface area contributed by atoms with Crippen LogP contribution in [0.3, 0.4) is 0 Å². The van der Waals surface area contributed by atoms with Crippen molar-refractivity contribution in [3.63, 3.8) is 0 Å². The number of piperidine rings is 1. The average molecular weight is 693 g/mol. The van der Waals surface area contributed by atoms with Crippen LogP contribution < -0.4 is 26.6 Å². The fourth-order valence-corrected chi connectivity index (χ4v) is 8.81. The number of nitrogens with zero attached hydrogens (tertiary/aromatic N) is 3. The van der Waals surface area contributed by atoms with Gasteiger partial charge >= 0.3 is 6.18 Å². The van der Waals surface area contributed by atoms with E-state index in [0.717, 1.165) is 0 Å². The number of alkyl halides is 4. The lowest BCUT2D eigenvalue weighted by atomic mass is 9.83. The Kier molecular flexibility index (Phi) is 10.7. The van der Waals surface area contributed by atoms with Crippen molar-refractivity contribution in [2.75, 3.05) is 52.6 Å². The van der Waals surface area contributed by atoms with Crippen molar-refractivity contribution in [1.29, 1.82) is 0 Å². The van der Waals surface area contributed by atoms with Crippen LogP contribution in [0.15, 0.2) is 0 Å². The Morgan fingerprint density at radius 2 is 1.79 bits per heavy atom. The molecule has 13 nitrogen and oxygen atoms in total. The van der Waals surface area contributed by atoms with Gasteiger partial charge in [-0.1, -0.05) is 6.92 Å². The van der Waals surface area contributed by atoms with Crippen molar-refractivity contribution in [3.05, 3.63) is 0 Å². The molecule has 17 heteroatoms. The summed E-state index contributed by atoms with van der Waals surface area (Å²) in [7, 11) is 0. The summed E-state index contributed by atoms with van der Waals surface area (Å²) in [5, 5.41) is 25.9. The van der Waals surface area contributed by atoms with Gasteiger partial charge in [0.2, 0.25) is 11.8 Å². The third-order valence-corrected chi connectivity index (χ3v) is 11.6. The van der Waals surface area contributed by atoms with E-state index in [1.165, 1.54) is 0 Å². The fraction of sp³-hybridized carbons (Fsp3) is 0.900. The highest BCUT2D eigenvalue weighted by Gasteiger charge is 2.55. The lowest BCUT2D eigenvalue weighted by Crippen LogP contribution is -2.81. The number of aliphatic hydroxyl groups is 1. The van der Waals surface area contributed by atoms with Crippen LogP contribution in [0.25, 0.3) is 0 Å². The number of hydrogen-bond donors (Lipinski definition) is 6. The maximum Gasteiger partial charge on any atom is 0.391 e. The molecule has 2 amide bonds. The van der Waals surface area contributed by atoms with Gasteiger partial charge in [-0.15, -0.1) is 11.6 Å². The highest BCUT2D eigenvalue weighted by Crippen LogP contribution is 2.39. The number of likely N-dealkylation sites (tertiary alicyclic amines) is 1. The molecule has 0 aromatic heterocycles. The second-order valence-corrected chi connectivity index (χ2v) is 14.5. The van der Waals surface area contributed by atoms with Gasteiger partial charge in [0.1, 0.15) is 6.04 Å². The minimum Gasteiger partial charge on any atom is -0.389 e. The van der Waals surface area contributed by atoms with Crippen molar-refractivity contribution in [2.24, 2.45) is 5.92 Å². The predicted molar refractivity (Wildman–Crippen MR) is 165 cm³/mol. The van der Waals surface area contributed by atoms with E-state index in [0.29, 0.717) is 52.5 Å². The van der Waals surface area contributed by atoms with Crippen LogP contribution in [0.5, 0.6) is 0 Å². The summed E-state index contributed by atoms with van der Waals surface area (Å²) >= 11 is 6.38. The molecule has 6 rings (SSSR count). The molecule has 0 spiro atoms. The second kappa shape index (κ2) is 14.3. The molecule has 0 aromatic carbocycles. The molecule has 5 aliphatic heterocycles. The molecule has 12 unspecified atom stereocenters. The summed E-state index contributed by atoms with van der Waals surface area (Å²) < 4.78 is 45.6. The average Bonchev–Trinajstić information content (AvgIpc) is 3.51. The van der Waals surface area contributed by atoms with Crippen LogP contribution in [0.1, 0.15) is 39.5 Å². The second-order valence-electron chi connectivity index (χ2n) is 13.9. The Labute approximate surface area is 278 Å². The van der Waals surface area contributed by atoms with Crippen LogP contribution in [-0.4, -0.2) is 162 Å². The summed E-state index contributed by atoms with van der Waals surface area (Å²) in [5.41, 5.74) is 0. The minimum absolute atomic E-state index is 0.0201. The maximum atomic E-state index is 14.3. The summed E-state index contributed by atoms with van der Waals surface area (Å²) in [5.74, 6) is -1.97. The molecule has 6 fully saturated rings. The summed E-state index contributed by atoms with van der Waals surface area (Å²) in [6, 6.07) is -3.11. The van der Waals surface area contributed by atoms with E-state index in [1.54, 1.807) is 4.90 Å². The quantitative estimate of drug-likeness (QED) is 0.182. The van der Waals surface area contributed by atoms with E-state index in [4.69, 9.17) is 16.3 Å². The molecule has 0 radical (unpaired) electrons. The third kappa shape index (κ3) is 7.17. The number of ether oxygens (including phenoxy) is 1. The number of Topliss-reactive ketones (excluding diaryl/α,β-unsaturated/α-hetero) is 1. The molecule has 5 saturated heterocycles. The zero-order chi connectivity index (χ0) is 33.6.